The number of amides is 1. The molecule has 0 bridgehead atoms. The number of aliphatic hydroxyl groups is 1. The minimum absolute atomic E-state index is 0.0195. The average molecular weight is 343 g/mol. The summed E-state index contributed by atoms with van der Waals surface area (Å²) in [5.41, 5.74) is 0.877. The van der Waals surface area contributed by atoms with E-state index in [1.807, 2.05) is 60.0 Å². The topological polar surface area (TPSA) is 49.3 Å². The lowest BCUT2D eigenvalue weighted by Gasteiger charge is -2.08. The van der Waals surface area contributed by atoms with E-state index in [-0.39, 0.29) is 5.91 Å². The fraction of sp³-hybridized carbons (Fsp3) is 0.167. The third-order valence-corrected chi connectivity index (χ3v) is 5.46. The van der Waals surface area contributed by atoms with Crippen LogP contribution >= 0.6 is 22.7 Å². The van der Waals surface area contributed by atoms with Crippen LogP contribution in [0, 0.1) is 0 Å². The Hall–Kier alpha value is -1.95. The minimum atomic E-state index is -0.614. The van der Waals surface area contributed by atoms with Gasteiger partial charge in [-0.15, -0.1) is 22.7 Å². The maximum absolute atomic E-state index is 11.9. The number of aliphatic hydroxyl groups excluding tert-OH is 1. The first-order valence-corrected chi connectivity index (χ1v) is 9.02. The van der Waals surface area contributed by atoms with Crippen molar-refractivity contribution in [3.05, 3.63) is 80.2 Å². The lowest BCUT2D eigenvalue weighted by Crippen LogP contribution is -2.23. The summed E-state index contributed by atoms with van der Waals surface area (Å²) in [6, 6.07) is 17.4. The first-order chi connectivity index (χ1) is 11.2. The summed E-state index contributed by atoms with van der Waals surface area (Å²) in [7, 11) is 0. The summed E-state index contributed by atoms with van der Waals surface area (Å²) in [6.07, 6.45) is -0.195. The highest BCUT2D eigenvalue weighted by Crippen LogP contribution is 2.28. The van der Waals surface area contributed by atoms with E-state index >= 15 is 0 Å². The maximum atomic E-state index is 11.9. The lowest BCUT2D eigenvalue weighted by molar-refractivity contribution is -0.120. The summed E-state index contributed by atoms with van der Waals surface area (Å²) in [5.74, 6) is 0.0195. The molecule has 2 heterocycles. The first-order valence-electron chi connectivity index (χ1n) is 7.33. The molecule has 3 nitrogen and oxygen atoms in total. The zero-order valence-corrected chi connectivity index (χ0v) is 14.1. The van der Waals surface area contributed by atoms with Crippen molar-refractivity contribution in [2.75, 3.05) is 0 Å². The number of benzene rings is 1. The molecular weight excluding hydrogens is 326 g/mol. The Bertz CT molecular complexity index is 750. The van der Waals surface area contributed by atoms with Gasteiger partial charge in [-0.3, -0.25) is 4.79 Å². The van der Waals surface area contributed by atoms with Crippen LogP contribution in [0.5, 0.6) is 0 Å². The van der Waals surface area contributed by atoms with Crippen LogP contribution in [0.2, 0.25) is 0 Å². The molecule has 0 saturated heterocycles. The van der Waals surface area contributed by atoms with E-state index in [1.165, 1.54) is 11.3 Å². The predicted molar refractivity (Wildman–Crippen MR) is 94.7 cm³/mol. The Morgan fingerprint density at radius 1 is 1.04 bits per heavy atom. The van der Waals surface area contributed by atoms with Crippen molar-refractivity contribution in [3.8, 4) is 0 Å². The Morgan fingerprint density at radius 3 is 2.61 bits per heavy atom. The van der Waals surface area contributed by atoms with Crippen LogP contribution in [0.1, 0.15) is 26.3 Å². The van der Waals surface area contributed by atoms with Gasteiger partial charge in [0.15, 0.2) is 0 Å². The summed E-state index contributed by atoms with van der Waals surface area (Å²) in [5, 5.41) is 15.3. The Morgan fingerprint density at radius 2 is 1.87 bits per heavy atom. The molecule has 5 heteroatoms. The van der Waals surface area contributed by atoms with Crippen molar-refractivity contribution >= 4 is 28.6 Å². The molecule has 0 fully saturated rings. The smallest absolute Gasteiger partial charge is 0.225 e. The molecular formula is C18H17NO2S2. The molecule has 0 spiro atoms. The van der Waals surface area contributed by atoms with Crippen molar-refractivity contribution < 1.29 is 9.90 Å². The molecule has 1 unspecified atom stereocenters. The second kappa shape index (κ2) is 7.55. The number of hydrogen-bond donors (Lipinski definition) is 2. The molecule has 0 aliphatic carbocycles. The zero-order chi connectivity index (χ0) is 16.1. The van der Waals surface area contributed by atoms with Crippen LogP contribution in [-0.4, -0.2) is 11.0 Å². The largest absolute Gasteiger partial charge is 0.383 e. The molecule has 0 aliphatic heterocycles. The van der Waals surface area contributed by atoms with E-state index in [9.17, 15) is 9.90 Å². The number of thiophene rings is 2. The standard InChI is InChI=1S/C18H17NO2S2/c20-17(11-14-7-4-10-22-14)19-12-15-8-9-16(23-15)18(21)13-5-2-1-3-6-13/h1-10,18,21H,11-12H2,(H,19,20). The second-order valence-corrected chi connectivity index (χ2v) is 7.38. The molecule has 0 aliphatic rings. The molecule has 1 amide bonds. The number of carbonyl (C=O) groups excluding carboxylic acids is 1. The molecule has 0 radical (unpaired) electrons. The van der Waals surface area contributed by atoms with Gasteiger partial charge in [-0.2, -0.15) is 0 Å². The fourth-order valence-electron chi connectivity index (χ4n) is 2.26. The van der Waals surface area contributed by atoms with Crippen LogP contribution in [-0.2, 0) is 17.8 Å². The van der Waals surface area contributed by atoms with Gasteiger partial charge in [-0.05, 0) is 29.1 Å². The minimum Gasteiger partial charge on any atom is -0.383 e. The van der Waals surface area contributed by atoms with Crippen LogP contribution in [0.15, 0.2) is 60.0 Å². The first kappa shape index (κ1) is 15.9. The van der Waals surface area contributed by atoms with E-state index in [0.717, 1.165) is 20.2 Å². The molecule has 2 aromatic heterocycles. The van der Waals surface area contributed by atoms with E-state index in [1.54, 1.807) is 11.3 Å². The van der Waals surface area contributed by atoms with E-state index < -0.39 is 6.10 Å². The van der Waals surface area contributed by atoms with Crippen molar-refractivity contribution in [1.29, 1.82) is 0 Å². The quantitative estimate of drug-likeness (QED) is 0.716. The average Bonchev–Trinajstić information content (AvgIpc) is 3.25. The van der Waals surface area contributed by atoms with Gasteiger partial charge in [0, 0.05) is 14.6 Å². The summed E-state index contributed by atoms with van der Waals surface area (Å²) < 4.78 is 0. The van der Waals surface area contributed by atoms with Gasteiger partial charge < -0.3 is 10.4 Å². The molecule has 1 atom stereocenters. The Labute approximate surface area is 143 Å². The molecule has 1 aromatic carbocycles. The van der Waals surface area contributed by atoms with Crippen molar-refractivity contribution in [2.45, 2.75) is 19.1 Å². The summed E-state index contributed by atoms with van der Waals surface area (Å²) >= 11 is 3.11. The number of hydrogen-bond acceptors (Lipinski definition) is 4. The van der Waals surface area contributed by atoms with E-state index in [2.05, 4.69) is 5.32 Å². The summed E-state index contributed by atoms with van der Waals surface area (Å²) in [4.78, 5) is 14.9. The van der Waals surface area contributed by atoms with Gasteiger partial charge in [0.25, 0.3) is 0 Å². The highest BCUT2D eigenvalue weighted by Gasteiger charge is 2.13. The van der Waals surface area contributed by atoms with Gasteiger partial charge in [0.1, 0.15) is 6.10 Å². The van der Waals surface area contributed by atoms with Crippen molar-refractivity contribution in [1.82, 2.24) is 5.32 Å². The number of nitrogens with one attached hydrogen (secondary N) is 1. The number of rotatable bonds is 6. The van der Waals surface area contributed by atoms with Gasteiger partial charge in [0.2, 0.25) is 5.91 Å². The molecule has 3 rings (SSSR count). The monoisotopic (exact) mass is 343 g/mol. The van der Waals surface area contributed by atoms with Gasteiger partial charge >= 0.3 is 0 Å². The lowest BCUT2D eigenvalue weighted by atomic mass is 10.1. The molecule has 118 valence electrons. The Kier molecular flexibility index (Phi) is 5.23. The van der Waals surface area contributed by atoms with Crippen LogP contribution in [0.25, 0.3) is 0 Å². The van der Waals surface area contributed by atoms with Crippen LogP contribution in [0.4, 0.5) is 0 Å². The SMILES string of the molecule is O=C(Cc1cccs1)NCc1ccc(C(O)c2ccccc2)s1. The highest BCUT2D eigenvalue weighted by atomic mass is 32.1. The fourth-order valence-corrected chi connectivity index (χ4v) is 3.93. The maximum Gasteiger partial charge on any atom is 0.225 e. The van der Waals surface area contributed by atoms with E-state index in [4.69, 9.17) is 0 Å². The Balaban J connectivity index is 1.56. The summed E-state index contributed by atoms with van der Waals surface area (Å²) in [6.45, 7) is 0.496. The molecule has 0 saturated carbocycles. The van der Waals surface area contributed by atoms with Gasteiger partial charge in [0.05, 0.1) is 13.0 Å². The highest BCUT2D eigenvalue weighted by molar-refractivity contribution is 7.12. The predicted octanol–water partition coefficient (Wildman–Crippen LogP) is 3.75. The van der Waals surface area contributed by atoms with Gasteiger partial charge in [-0.1, -0.05) is 36.4 Å². The van der Waals surface area contributed by atoms with Gasteiger partial charge in [-0.25, -0.2) is 0 Å². The number of carbonyl (C=O) groups is 1. The third kappa shape index (κ3) is 4.28. The molecule has 3 aromatic rings. The molecule has 2 N–H and O–H groups in total. The normalized spacial score (nSPS) is 12.0. The van der Waals surface area contributed by atoms with E-state index in [0.29, 0.717) is 13.0 Å². The van der Waals surface area contributed by atoms with Crippen molar-refractivity contribution in [2.24, 2.45) is 0 Å². The zero-order valence-electron chi connectivity index (χ0n) is 12.4. The molecule has 23 heavy (non-hydrogen) atoms. The third-order valence-electron chi connectivity index (χ3n) is 3.44. The van der Waals surface area contributed by atoms with Crippen LogP contribution in [0.3, 0.4) is 0 Å². The van der Waals surface area contributed by atoms with Crippen LogP contribution < -0.4 is 5.32 Å². The van der Waals surface area contributed by atoms with Crippen molar-refractivity contribution in [3.63, 3.8) is 0 Å². The second-order valence-electron chi connectivity index (χ2n) is 5.15.